The Labute approximate surface area is 117 Å². The Balaban J connectivity index is 2.41. The van der Waals surface area contributed by atoms with Gasteiger partial charge in [-0.25, -0.2) is 4.79 Å². The van der Waals surface area contributed by atoms with Gasteiger partial charge in [-0.15, -0.1) is 0 Å². The number of anilines is 1. The number of rotatable bonds is 6. The molecule has 0 heterocycles. The van der Waals surface area contributed by atoms with Crippen LogP contribution in [-0.2, 0) is 9.53 Å². The molecule has 2 amide bonds. The Bertz CT molecular complexity index is 500. The van der Waals surface area contributed by atoms with E-state index in [-0.39, 0.29) is 24.7 Å². The van der Waals surface area contributed by atoms with Gasteiger partial charge >= 0.3 is 12.0 Å². The molecule has 20 heavy (non-hydrogen) atoms. The number of ketones is 1. The van der Waals surface area contributed by atoms with Gasteiger partial charge in [-0.05, 0) is 26.0 Å². The molecule has 0 aromatic heterocycles. The van der Waals surface area contributed by atoms with Gasteiger partial charge < -0.3 is 15.4 Å². The minimum atomic E-state index is -0.435. The quantitative estimate of drug-likeness (QED) is 0.615. The van der Waals surface area contributed by atoms with Crippen LogP contribution in [0.25, 0.3) is 0 Å². The Morgan fingerprint density at radius 3 is 2.65 bits per heavy atom. The smallest absolute Gasteiger partial charge is 0.319 e. The fourth-order valence-electron chi connectivity index (χ4n) is 1.50. The van der Waals surface area contributed by atoms with Crippen molar-refractivity contribution in [3.63, 3.8) is 0 Å². The van der Waals surface area contributed by atoms with Crippen LogP contribution in [-0.4, -0.2) is 30.9 Å². The van der Waals surface area contributed by atoms with Crippen LogP contribution in [0.2, 0.25) is 0 Å². The number of Topliss-reactive ketones (excluding diaryl/α,β-unsaturated/α-hetero) is 1. The van der Waals surface area contributed by atoms with Crippen LogP contribution in [0, 0.1) is 0 Å². The predicted octanol–water partition coefficient (Wildman–Crippen LogP) is 1.96. The molecular weight excluding hydrogens is 260 g/mol. The number of esters is 1. The maximum Gasteiger partial charge on any atom is 0.319 e. The van der Waals surface area contributed by atoms with Crippen LogP contribution in [0.15, 0.2) is 24.3 Å². The first kappa shape index (κ1) is 15.7. The van der Waals surface area contributed by atoms with E-state index in [9.17, 15) is 14.4 Å². The largest absolute Gasteiger partial charge is 0.466 e. The summed E-state index contributed by atoms with van der Waals surface area (Å²) in [6.07, 6.45) is 0.120. The van der Waals surface area contributed by atoms with E-state index >= 15 is 0 Å². The van der Waals surface area contributed by atoms with E-state index in [1.54, 1.807) is 31.2 Å². The summed E-state index contributed by atoms with van der Waals surface area (Å²) in [7, 11) is 0. The normalized spacial score (nSPS) is 9.70. The first-order chi connectivity index (χ1) is 9.52. The number of carbonyl (C=O) groups excluding carboxylic acids is 3. The van der Waals surface area contributed by atoms with Crippen molar-refractivity contribution in [3.8, 4) is 0 Å². The Morgan fingerprint density at radius 2 is 2.00 bits per heavy atom. The second kappa shape index (κ2) is 7.93. The molecule has 1 aromatic carbocycles. The SMILES string of the molecule is CCOC(=O)CCNC(=O)Nc1cccc(C(C)=O)c1. The third-order valence-corrected chi connectivity index (χ3v) is 2.45. The van der Waals surface area contributed by atoms with Crippen LogP contribution >= 0.6 is 0 Å². The maximum atomic E-state index is 11.6. The summed E-state index contributed by atoms with van der Waals surface area (Å²) < 4.78 is 4.74. The molecule has 6 heteroatoms. The van der Waals surface area contributed by atoms with Crippen molar-refractivity contribution in [3.05, 3.63) is 29.8 Å². The second-order valence-electron chi connectivity index (χ2n) is 4.07. The molecule has 1 aromatic rings. The number of benzene rings is 1. The zero-order valence-corrected chi connectivity index (χ0v) is 11.6. The summed E-state index contributed by atoms with van der Waals surface area (Å²) in [5, 5.41) is 5.12. The Kier molecular flexibility index (Phi) is 6.22. The summed E-state index contributed by atoms with van der Waals surface area (Å²) in [4.78, 5) is 33.9. The summed E-state index contributed by atoms with van der Waals surface area (Å²) in [6.45, 7) is 3.69. The lowest BCUT2D eigenvalue weighted by atomic mass is 10.1. The number of carbonyl (C=O) groups is 3. The minimum absolute atomic E-state index is 0.0728. The third-order valence-electron chi connectivity index (χ3n) is 2.45. The van der Waals surface area contributed by atoms with Gasteiger partial charge in [-0.1, -0.05) is 12.1 Å². The van der Waals surface area contributed by atoms with Crippen molar-refractivity contribution in [2.24, 2.45) is 0 Å². The number of hydrogen-bond acceptors (Lipinski definition) is 4. The highest BCUT2D eigenvalue weighted by Gasteiger charge is 2.06. The fraction of sp³-hybridized carbons (Fsp3) is 0.357. The maximum absolute atomic E-state index is 11.6. The van der Waals surface area contributed by atoms with Gasteiger partial charge in [0.05, 0.1) is 13.0 Å². The van der Waals surface area contributed by atoms with E-state index in [2.05, 4.69) is 10.6 Å². The Hall–Kier alpha value is -2.37. The summed E-state index contributed by atoms with van der Waals surface area (Å²) in [5.74, 6) is -0.428. The average molecular weight is 278 g/mol. The molecule has 0 radical (unpaired) electrons. The molecule has 6 nitrogen and oxygen atoms in total. The Morgan fingerprint density at radius 1 is 1.25 bits per heavy atom. The van der Waals surface area contributed by atoms with E-state index in [4.69, 9.17) is 4.74 Å². The average Bonchev–Trinajstić information content (AvgIpc) is 2.39. The molecule has 0 fully saturated rings. The lowest BCUT2D eigenvalue weighted by Gasteiger charge is -2.08. The van der Waals surface area contributed by atoms with Crippen LogP contribution < -0.4 is 10.6 Å². The summed E-state index contributed by atoms with van der Waals surface area (Å²) in [6, 6.07) is 6.19. The highest BCUT2D eigenvalue weighted by atomic mass is 16.5. The van der Waals surface area contributed by atoms with Crippen molar-refractivity contribution in [1.29, 1.82) is 0 Å². The van der Waals surface area contributed by atoms with Crippen LogP contribution in [0.4, 0.5) is 10.5 Å². The van der Waals surface area contributed by atoms with Gasteiger partial charge in [-0.3, -0.25) is 9.59 Å². The second-order valence-corrected chi connectivity index (χ2v) is 4.07. The number of ether oxygens (including phenoxy) is 1. The summed E-state index contributed by atoms with van der Waals surface area (Å²) >= 11 is 0. The van der Waals surface area contributed by atoms with E-state index < -0.39 is 6.03 Å². The molecule has 1 rings (SSSR count). The topological polar surface area (TPSA) is 84.5 Å². The molecule has 2 N–H and O–H groups in total. The van der Waals surface area contributed by atoms with Gasteiger partial charge in [0.2, 0.25) is 0 Å². The molecule has 0 aliphatic carbocycles. The van der Waals surface area contributed by atoms with Crippen molar-refractivity contribution in [1.82, 2.24) is 5.32 Å². The van der Waals surface area contributed by atoms with E-state index in [1.807, 2.05) is 0 Å². The first-order valence-corrected chi connectivity index (χ1v) is 6.34. The number of urea groups is 1. The molecule has 0 bridgehead atoms. The monoisotopic (exact) mass is 278 g/mol. The lowest BCUT2D eigenvalue weighted by Crippen LogP contribution is -2.30. The molecule has 0 aliphatic heterocycles. The van der Waals surface area contributed by atoms with Gasteiger partial charge in [0.15, 0.2) is 5.78 Å². The van der Waals surface area contributed by atoms with Gasteiger partial charge in [0.25, 0.3) is 0 Å². The minimum Gasteiger partial charge on any atom is -0.466 e. The molecule has 108 valence electrons. The predicted molar refractivity (Wildman–Crippen MR) is 74.7 cm³/mol. The zero-order valence-electron chi connectivity index (χ0n) is 11.6. The van der Waals surface area contributed by atoms with Crippen molar-refractivity contribution in [2.75, 3.05) is 18.5 Å². The fourth-order valence-corrected chi connectivity index (χ4v) is 1.50. The van der Waals surface area contributed by atoms with Gasteiger partial charge in [0.1, 0.15) is 0 Å². The highest BCUT2D eigenvalue weighted by molar-refractivity contribution is 5.96. The molecule has 0 aliphatic rings. The molecule has 0 spiro atoms. The number of nitrogens with one attached hydrogen (secondary N) is 2. The van der Waals surface area contributed by atoms with Crippen LogP contribution in [0.3, 0.4) is 0 Å². The highest BCUT2D eigenvalue weighted by Crippen LogP contribution is 2.10. The van der Waals surface area contributed by atoms with Gasteiger partial charge in [-0.2, -0.15) is 0 Å². The van der Waals surface area contributed by atoms with Crippen molar-refractivity contribution >= 4 is 23.5 Å². The van der Waals surface area contributed by atoms with Crippen LogP contribution in [0.1, 0.15) is 30.6 Å². The molecule has 0 unspecified atom stereocenters. The number of hydrogen-bond donors (Lipinski definition) is 2. The summed E-state index contributed by atoms with van der Waals surface area (Å²) in [5.41, 5.74) is 1.04. The standard InChI is InChI=1S/C14H18N2O4/c1-3-20-13(18)7-8-15-14(19)16-12-6-4-5-11(9-12)10(2)17/h4-6,9H,3,7-8H2,1-2H3,(H2,15,16,19). The van der Waals surface area contributed by atoms with E-state index in [1.165, 1.54) is 6.92 Å². The molecule has 0 saturated heterocycles. The van der Waals surface area contributed by atoms with E-state index in [0.717, 1.165) is 0 Å². The van der Waals surface area contributed by atoms with Gasteiger partial charge in [0, 0.05) is 17.8 Å². The van der Waals surface area contributed by atoms with Crippen molar-refractivity contribution < 1.29 is 19.1 Å². The third kappa shape index (κ3) is 5.51. The molecule has 0 saturated carbocycles. The molecule has 0 atom stereocenters. The van der Waals surface area contributed by atoms with E-state index in [0.29, 0.717) is 17.9 Å². The van der Waals surface area contributed by atoms with Crippen LogP contribution in [0.5, 0.6) is 0 Å². The lowest BCUT2D eigenvalue weighted by molar-refractivity contribution is -0.142. The van der Waals surface area contributed by atoms with Crippen molar-refractivity contribution in [2.45, 2.75) is 20.3 Å². The molecular formula is C14H18N2O4. The first-order valence-electron chi connectivity index (χ1n) is 6.34. The number of amides is 2. The zero-order chi connectivity index (χ0) is 15.0.